The van der Waals surface area contributed by atoms with E-state index in [2.05, 4.69) is 16.5 Å². The molecule has 1 aromatic heterocycles. The highest BCUT2D eigenvalue weighted by atomic mass is 16.5. The molecular formula is C22H24N4O4. The molecule has 8 nitrogen and oxygen atoms in total. The van der Waals surface area contributed by atoms with E-state index < -0.39 is 0 Å². The number of hydrogen-bond donors (Lipinski definition) is 1. The van der Waals surface area contributed by atoms with Crippen LogP contribution < -0.4 is 14.8 Å². The number of ether oxygens (including phenoxy) is 3. The first kappa shape index (κ1) is 18.9. The van der Waals surface area contributed by atoms with Gasteiger partial charge in [0.15, 0.2) is 5.69 Å². The molecule has 1 N–H and O–H groups in total. The third-order valence-corrected chi connectivity index (χ3v) is 5.71. The number of fused-ring (bicyclic) bond motifs is 2. The molecule has 2 atom stereocenters. The Balaban J connectivity index is 1.13. The maximum Gasteiger partial charge on any atom is 0.272 e. The summed E-state index contributed by atoms with van der Waals surface area (Å²) < 4.78 is 19.1. The molecule has 3 heterocycles. The molecule has 0 saturated heterocycles. The molecule has 1 fully saturated rings. The first-order valence-electron chi connectivity index (χ1n) is 10.5. The first-order valence-corrected chi connectivity index (χ1v) is 10.5. The molecule has 2 aromatic rings. The van der Waals surface area contributed by atoms with Crippen LogP contribution in [0, 0.1) is 17.2 Å². The minimum Gasteiger partial charge on any atom is -0.491 e. The topological polar surface area (TPSA) is 98.4 Å². The second-order valence-electron chi connectivity index (χ2n) is 8.22. The van der Waals surface area contributed by atoms with Crippen LogP contribution in [-0.2, 0) is 17.7 Å². The minimum absolute atomic E-state index is 0.0430. The van der Waals surface area contributed by atoms with Crippen molar-refractivity contribution in [3.05, 3.63) is 41.1 Å². The van der Waals surface area contributed by atoms with E-state index in [0.29, 0.717) is 43.3 Å². The van der Waals surface area contributed by atoms with E-state index in [1.165, 1.54) is 12.8 Å². The number of benzene rings is 1. The van der Waals surface area contributed by atoms with Crippen LogP contribution in [0.2, 0.25) is 0 Å². The maximum absolute atomic E-state index is 12.6. The molecule has 5 rings (SSSR count). The molecule has 1 unspecified atom stereocenters. The Morgan fingerprint density at radius 1 is 1.37 bits per heavy atom. The van der Waals surface area contributed by atoms with Crippen molar-refractivity contribution in [2.75, 3.05) is 19.8 Å². The molecule has 0 radical (unpaired) electrons. The van der Waals surface area contributed by atoms with Gasteiger partial charge in [-0.3, -0.25) is 4.79 Å². The summed E-state index contributed by atoms with van der Waals surface area (Å²) in [4.78, 5) is 12.6. The summed E-state index contributed by atoms with van der Waals surface area (Å²) in [6.07, 6.45) is 4.06. The number of carbonyl (C=O) groups is 1. The molecule has 1 aromatic carbocycles. The Morgan fingerprint density at radius 3 is 3.07 bits per heavy atom. The molecule has 1 aliphatic carbocycles. The van der Waals surface area contributed by atoms with Crippen LogP contribution in [0.4, 0.5) is 0 Å². The van der Waals surface area contributed by atoms with Crippen molar-refractivity contribution < 1.29 is 19.0 Å². The summed E-state index contributed by atoms with van der Waals surface area (Å²) in [6.45, 7) is 2.56. The standard InChI is InChI=1S/C22H24N4O4/c23-10-15-3-4-20-16(7-15)8-17(13-29-20)24-22(27)19-9-21-26(25-19)11-18(30-21)5-6-28-12-14-1-2-14/h3-4,7,9,14,17-18H,1-2,5-6,8,11-13H2,(H,24,27)/t17-,18?/m1/s1. The smallest absolute Gasteiger partial charge is 0.272 e. The molecule has 2 aliphatic heterocycles. The SMILES string of the molecule is N#Cc1ccc2c(c1)C[C@@H](NC(=O)c1cc3n(n1)CC(CCOCC1CC1)O3)CO2. The predicted octanol–water partition coefficient (Wildman–Crippen LogP) is 2.07. The van der Waals surface area contributed by atoms with Gasteiger partial charge in [-0.25, -0.2) is 4.68 Å². The van der Waals surface area contributed by atoms with Crippen molar-refractivity contribution in [3.63, 3.8) is 0 Å². The molecule has 30 heavy (non-hydrogen) atoms. The van der Waals surface area contributed by atoms with Crippen LogP contribution >= 0.6 is 0 Å². The van der Waals surface area contributed by atoms with Gasteiger partial charge >= 0.3 is 0 Å². The second-order valence-corrected chi connectivity index (χ2v) is 8.22. The van der Waals surface area contributed by atoms with Gasteiger partial charge in [0.25, 0.3) is 5.91 Å². The van der Waals surface area contributed by atoms with Gasteiger partial charge in [-0.05, 0) is 48.9 Å². The number of hydrogen-bond acceptors (Lipinski definition) is 6. The Kier molecular flexibility index (Phi) is 5.05. The minimum atomic E-state index is -0.252. The van der Waals surface area contributed by atoms with Gasteiger partial charge in [-0.2, -0.15) is 10.4 Å². The number of amides is 1. The summed E-state index contributed by atoms with van der Waals surface area (Å²) in [7, 11) is 0. The lowest BCUT2D eigenvalue weighted by Gasteiger charge is -2.26. The molecule has 156 valence electrons. The van der Waals surface area contributed by atoms with Crippen LogP contribution in [-0.4, -0.2) is 47.7 Å². The number of nitriles is 1. The summed E-state index contributed by atoms with van der Waals surface area (Å²) in [5.41, 5.74) is 1.84. The van der Waals surface area contributed by atoms with Crippen LogP contribution in [0.1, 0.15) is 40.9 Å². The van der Waals surface area contributed by atoms with E-state index in [1.54, 1.807) is 28.9 Å². The Morgan fingerprint density at radius 2 is 2.27 bits per heavy atom. The van der Waals surface area contributed by atoms with Crippen molar-refractivity contribution in [1.82, 2.24) is 15.1 Å². The number of nitrogens with one attached hydrogen (secondary N) is 1. The van der Waals surface area contributed by atoms with Crippen molar-refractivity contribution in [1.29, 1.82) is 5.26 Å². The Bertz CT molecular complexity index is 968. The number of aromatic nitrogens is 2. The molecule has 0 spiro atoms. The highest BCUT2D eigenvalue weighted by Gasteiger charge is 2.29. The average Bonchev–Trinajstić information content (AvgIpc) is 3.37. The van der Waals surface area contributed by atoms with Gasteiger partial charge in [0.2, 0.25) is 5.88 Å². The van der Waals surface area contributed by atoms with Crippen LogP contribution in [0.25, 0.3) is 0 Å². The fourth-order valence-electron chi connectivity index (χ4n) is 3.85. The highest BCUT2D eigenvalue weighted by molar-refractivity contribution is 5.92. The highest BCUT2D eigenvalue weighted by Crippen LogP contribution is 2.29. The van der Waals surface area contributed by atoms with Gasteiger partial charge in [-0.1, -0.05) is 0 Å². The molecule has 8 heteroatoms. The number of rotatable bonds is 7. The predicted molar refractivity (Wildman–Crippen MR) is 106 cm³/mol. The lowest BCUT2D eigenvalue weighted by atomic mass is 10.0. The van der Waals surface area contributed by atoms with Gasteiger partial charge in [-0.15, -0.1) is 0 Å². The summed E-state index contributed by atoms with van der Waals surface area (Å²) in [5.74, 6) is 1.90. The molecule has 1 saturated carbocycles. The van der Waals surface area contributed by atoms with Crippen molar-refractivity contribution in [3.8, 4) is 17.7 Å². The average molecular weight is 408 g/mol. The van der Waals surface area contributed by atoms with Gasteiger partial charge in [0.05, 0.1) is 30.8 Å². The number of carbonyl (C=O) groups excluding carboxylic acids is 1. The third kappa shape index (κ3) is 4.12. The van der Waals surface area contributed by atoms with Crippen LogP contribution in [0.3, 0.4) is 0 Å². The van der Waals surface area contributed by atoms with Crippen LogP contribution in [0.15, 0.2) is 24.3 Å². The van der Waals surface area contributed by atoms with Crippen molar-refractivity contribution in [2.45, 2.75) is 44.4 Å². The van der Waals surface area contributed by atoms with E-state index in [0.717, 1.165) is 30.3 Å². The lowest BCUT2D eigenvalue weighted by molar-refractivity contribution is 0.0893. The zero-order chi connectivity index (χ0) is 20.5. The molecule has 1 amide bonds. The zero-order valence-corrected chi connectivity index (χ0v) is 16.7. The molecular weight excluding hydrogens is 384 g/mol. The lowest BCUT2D eigenvalue weighted by Crippen LogP contribution is -2.43. The summed E-state index contributed by atoms with van der Waals surface area (Å²) in [6, 6.07) is 8.98. The van der Waals surface area contributed by atoms with E-state index in [-0.39, 0.29) is 18.1 Å². The Labute approximate surface area is 174 Å². The fraction of sp³-hybridized carbons (Fsp3) is 0.500. The summed E-state index contributed by atoms with van der Waals surface area (Å²) in [5, 5.41) is 16.4. The van der Waals surface area contributed by atoms with Crippen LogP contribution in [0.5, 0.6) is 11.6 Å². The van der Waals surface area contributed by atoms with Gasteiger partial charge in [0.1, 0.15) is 18.5 Å². The molecule has 3 aliphatic rings. The second kappa shape index (κ2) is 8.00. The fourth-order valence-corrected chi connectivity index (χ4v) is 3.85. The zero-order valence-electron chi connectivity index (χ0n) is 16.7. The normalized spacial score (nSPS) is 21.7. The van der Waals surface area contributed by atoms with Gasteiger partial charge in [0, 0.05) is 19.1 Å². The third-order valence-electron chi connectivity index (χ3n) is 5.71. The largest absolute Gasteiger partial charge is 0.491 e. The van der Waals surface area contributed by atoms with E-state index >= 15 is 0 Å². The molecule has 0 bridgehead atoms. The van der Waals surface area contributed by atoms with E-state index in [9.17, 15) is 4.79 Å². The van der Waals surface area contributed by atoms with E-state index in [1.807, 2.05) is 0 Å². The monoisotopic (exact) mass is 408 g/mol. The van der Waals surface area contributed by atoms with Crippen molar-refractivity contribution in [2.24, 2.45) is 5.92 Å². The first-order chi connectivity index (χ1) is 14.7. The maximum atomic E-state index is 12.6. The number of nitrogens with zero attached hydrogens (tertiary/aromatic N) is 3. The van der Waals surface area contributed by atoms with Crippen molar-refractivity contribution >= 4 is 5.91 Å². The van der Waals surface area contributed by atoms with Gasteiger partial charge < -0.3 is 19.5 Å². The summed E-state index contributed by atoms with van der Waals surface area (Å²) >= 11 is 0. The Hall–Kier alpha value is -3.05. The van der Waals surface area contributed by atoms with E-state index in [4.69, 9.17) is 19.5 Å². The quantitative estimate of drug-likeness (QED) is 0.705.